The smallest absolute Gasteiger partial charge is 0.388 e. The number of hydrogen-bond donors (Lipinski definition) is 2. The molecule has 2 rings (SSSR count). The van der Waals surface area contributed by atoms with Crippen LogP contribution in [0.4, 0.5) is 18.9 Å². The summed E-state index contributed by atoms with van der Waals surface area (Å²) in [7, 11) is 1.42. The molecule has 0 saturated heterocycles. The van der Waals surface area contributed by atoms with Crippen molar-refractivity contribution in [1.29, 1.82) is 0 Å². The summed E-state index contributed by atoms with van der Waals surface area (Å²) in [5.41, 5.74) is -0.801. The first-order chi connectivity index (χ1) is 9.91. The van der Waals surface area contributed by atoms with E-state index in [1.807, 2.05) is 0 Å². The molecule has 0 atom stereocenters. The fourth-order valence-electron chi connectivity index (χ4n) is 2.65. The molecular weight excluding hydrogens is 281 g/mol. The second kappa shape index (κ2) is 6.37. The van der Waals surface area contributed by atoms with Crippen molar-refractivity contribution in [3.8, 4) is 0 Å². The van der Waals surface area contributed by atoms with Crippen molar-refractivity contribution in [2.45, 2.75) is 44.3 Å². The van der Waals surface area contributed by atoms with Crippen molar-refractivity contribution in [2.75, 3.05) is 12.4 Å². The third kappa shape index (κ3) is 3.89. The van der Waals surface area contributed by atoms with Gasteiger partial charge in [-0.2, -0.15) is 13.2 Å². The van der Waals surface area contributed by atoms with Crippen molar-refractivity contribution in [2.24, 2.45) is 0 Å². The molecule has 116 valence electrons. The van der Waals surface area contributed by atoms with Crippen molar-refractivity contribution in [3.05, 3.63) is 29.3 Å². The van der Waals surface area contributed by atoms with E-state index in [4.69, 9.17) is 0 Å². The quantitative estimate of drug-likeness (QED) is 0.891. The maximum atomic E-state index is 13.0. The summed E-state index contributed by atoms with van der Waals surface area (Å²) in [6.07, 6.45) is 0.564. The van der Waals surface area contributed by atoms with Crippen LogP contribution in [-0.4, -0.2) is 19.0 Å². The van der Waals surface area contributed by atoms with Crippen LogP contribution < -0.4 is 10.6 Å². The van der Waals surface area contributed by atoms with E-state index in [0.717, 1.165) is 38.2 Å². The van der Waals surface area contributed by atoms with Gasteiger partial charge in [-0.3, -0.25) is 4.79 Å². The molecule has 2 N–H and O–H groups in total. The van der Waals surface area contributed by atoms with Crippen LogP contribution in [-0.2, 0) is 6.18 Å². The Labute approximate surface area is 121 Å². The van der Waals surface area contributed by atoms with E-state index >= 15 is 0 Å². The van der Waals surface area contributed by atoms with Gasteiger partial charge in [-0.05, 0) is 31.0 Å². The van der Waals surface area contributed by atoms with Crippen molar-refractivity contribution in [3.63, 3.8) is 0 Å². The molecule has 0 radical (unpaired) electrons. The van der Waals surface area contributed by atoms with E-state index in [0.29, 0.717) is 0 Å². The van der Waals surface area contributed by atoms with E-state index in [9.17, 15) is 18.0 Å². The van der Waals surface area contributed by atoms with E-state index in [1.165, 1.54) is 19.2 Å². The van der Waals surface area contributed by atoms with Crippen LogP contribution in [0.15, 0.2) is 18.2 Å². The Morgan fingerprint density at radius 2 is 1.86 bits per heavy atom. The summed E-state index contributed by atoms with van der Waals surface area (Å²) in [6, 6.07) is 3.69. The Morgan fingerprint density at radius 1 is 1.19 bits per heavy atom. The predicted molar refractivity (Wildman–Crippen MR) is 75.3 cm³/mol. The van der Waals surface area contributed by atoms with Gasteiger partial charge in [0.05, 0.1) is 5.56 Å². The highest BCUT2D eigenvalue weighted by Gasteiger charge is 2.34. The minimum atomic E-state index is -4.49. The Bertz CT molecular complexity index is 508. The highest BCUT2D eigenvalue weighted by molar-refractivity contribution is 5.95. The lowest BCUT2D eigenvalue weighted by molar-refractivity contribution is -0.136. The van der Waals surface area contributed by atoms with E-state index in [-0.39, 0.29) is 17.3 Å². The summed E-state index contributed by atoms with van der Waals surface area (Å²) in [5, 5.41) is 5.32. The molecule has 0 heterocycles. The summed E-state index contributed by atoms with van der Waals surface area (Å²) in [4.78, 5) is 12.1. The SMILES string of the molecule is CNc1ccc(C(=O)NC2CCCCC2)cc1C(F)(F)F. The molecule has 3 nitrogen and oxygen atoms in total. The molecule has 0 aliphatic heterocycles. The topological polar surface area (TPSA) is 41.1 Å². The lowest BCUT2D eigenvalue weighted by Crippen LogP contribution is -2.36. The number of carbonyl (C=O) groups excluding carboxylic acids is 1. The number of hydrogen-bond acceptors (Lipinski definition) is 2. The number of anilines is 1. The van der Waals surface area contributed by atoms with Gasteiger partial charge in [0.1, 0.15) is 0 Å². The molecule has 6 heteroatoms. The zero-order valence-corrected chi connectivity index (χ0v) is 11.9. The first kappa shape index (κ1) is 15.7. The molecule has 1 aliphatic rings. The number of alkyl halides is 3. The van der Waals surface area contributed by atoms with E-state index in [2.05, 4.69) is 10.6 Å². The predicted octanol–water partition coefficient (Wildman–Crippen LogP) is 3.81. The van der Waals surface area contributed by atoms with Gasteiger partial charge in [0.25, 0.3) is 5.91 Å². The molecule has 1 aliphatic carbocycles. The zero-order chi connectivity index (χ0) is 15.5. The number of halogens is 3. The maximum Gasteiger partial charge on any atom is 0.418 e. The molecule has 0 unspecified atom stereocenters. The summed E-state index contributed by atoms with van der Waals surface area (Å²) in [5.74, 6) is -0.435. The standard InChI is InChI=1S/C15H19F3N2O/c1-19-13-8-7-10(9-12(13)15(16,17)18)14(21)20-11-5-3-2-4-6-11/h7-9,11,19H,2-6H2,1H3,(H,20,21). The minimum absolute atomic E-state index is 0.0308. The Kier molecular flexibility index (Phi) is 4.75. The van der Waals surface area contributed by atoms with Gasteiger partial charge < -0.3 is 10.6 Å². The molecule has 1 saturated carbocycles. The van der Waals surface area contributed by atoms with Crippen LogP contribution in [0.2, 0.25) is 0 Å². The molecule has 1 amide bonds. The second-order valence-electron chi connectivity index (χ2n) is 5.32. The second-order valence-corrected chi connectivity index (χ2v) is 5.32. The van der Waals surface area contributed by atoms with Crippen LogP contribution in [0.3, 0.4) is 0 Å². The molecule has 0 bridgehead atoms. The minimum Gasteiger partial charge on any atom is -0.388 e. The lowest BCUT2D eigenvalue weighted by Gasteiger charge is -2.23. The van der Waals surface area contributed by atoms with Crippen LogP contribution in [0.1, 0.15) is 48.0 Å². The Hall–Kier alpha value is -1.72. The highest BCUT2D eigenvalue weighted by Crippen LogP contribution is 2.35. The fourth-order valence-corrected chi connectivity index (χ4v) is 2.65. The molecular formula is C15H19F3N2O. The largest absolute Gasteiger partial charge is 0.418 e. The van der Waals surface area contributed by atoms with Crippen molar-refractivity contribution < 1.29 is 18.0 Å². The molecule has 0 aromatic heterocycles. The summed E-state index contributed by atoms with van der Waals surface area (Å²) < 4.78 is 38.9. The third-order valence-electron chi connectivity index (χ3n) is 3.80. The van der Waals surface area contributed by atoms with Crippen LogP contribution in [0.25, 0.3) is 0 Å². The molecule has 1 fully saturated rings. The van der Waals surface area contributed by atoms with Gasteiger partial charge in [-0.15, -0.1) is 0 Å². The number of nitrogens with one attached hydrogen (secondary N) is 2. The van der Waals surface area contributed by atoms with Gasteiger partial charge in [0.2, 0.25) is 0 Å². The third-order valence-corrected chi connectivity index (χ3v) is 3.80. The summed E-state index contributed by atoms with van der Waals surface area (Å²) in [6.45, 7) is 0. The number of rotatable bonds is 3. The van der Waals surface area contributed by atoms with Gasteiger partial charge >= 0.3 is 6.18 Å². The molecule has 1 aromatic rings. The average Bonchev–Trinajstić information content (AvgIpc) is 2.46. The number of carbonyl (C=O) groups is 1. The molecule has 21 heavy (non-hydrogen) atoms. The van der Waals surface area contributed by atoms with Gasteiger partial charge in [0.15, 0.2) is 0 Å². The van der Waals surface area contributed by atoms with Crippen LogP contribution >= 0.6 is 0 Å². The highest BCUT2D eigenvalue weighted by atomic mass is 19.4. The van der Waals surface area contributed by atoms with Gasteiger partial charge in [0, 0.05) is 24.3 Å². The fraction of sp³-hybridized carbons (Fsp3) is 0.533. The summed E-state index contributed by atoms with van der Waals surface area (Å²) >= 11 is 0. The number of benzene rings is 1. The van der Waals surface area contributed by atoms with Gasteiger partial charge in [-0.25, -0.2) is 0 Å². The first-order valence-corrected chi connectivity index (χ1v) is 7.11. The van der Waals surface area contributed by atoms with Crippen LogP contribution in [0, 0.1) is 0 Å². The normalized spacial score (nSPS) is 16.6. The maximum absolute atomic E-state index is 13.0. The van der Waals surface area contributed by atoms with Gasteiger partial charge in [-0.1, -0.05) is 19.3 Å². The lowest BCUT2D eigenvalue weighted by atomic mass is 9.95. The molecule has 1 aromatic carbocycles. The number of amides is 1. The van der Waals surface area contributed by atoms with Crippen molar-refractivity contribution in [1.82, 2.24) is 5.32 Å². The van der Waals surface area contributed by atoms with Crippen LogP contribution in [0.5, 0.6) is 0 Å². The molecule has 0 spiro atoms. The Balaban J connectivity index is 2.17. The first-order valence-electron chi connectivity index (χ1n) is 7.11. The monoisotopic (exact) mass is 300 g/mol. The van der Waals surface area contributed by atoms with E-state index < -0.39 is 17.6 Å². The van der Waals surface area contributed by atoms with Crippen molar-refractivity contribution >= 4 is 11.6 Å². The average molecular weight is 300 g/mol. The van der Waals surface area contributed by atoms with E-state index in [1.54, 1.807) is 0 Å². The Morgan fingerprint density at radius 3 is 2.43 bits per heavy atom. The zero-order valence-electron chi connectivity index (χ0n) is 11.9.